The number of alkyl carbamates (subject to hydrolysis) is 3. The second kappa shape index (κ2) is 34.5. The third-order valence-electron chi connectivity index (χ3n) is 16.9. The van der Waals surface area contributed by atoms with E-state index in [9.17, 15) is 53.8 Å². The van der Waals surface area contributed by atoms with Crippen molar-refractivity contribution in [1.29, 1.82) is 5.26 Å². The zero-order valence-corrected chi connectivity index (χ0v) is 54.3. The third-order valence-corrected chi connectivity index (χ3v) is 18.3. The average Bonchev–Trinajstić information content (AvgIpc) is 1.63. The molecule has 0 aromatic heterocycles. The summed E-state index contributed by atoms with van der Waals surface area (Å²) in [7, 11) is -4.19. The molecular formula is C72H83N4O18P. The van der Waals surface area contributed by atoms with Crippen LogP contribution < -0.4 is 16.0 Å². The lowest BCUT2D eigenvalue weighted by Crippen LogP contribution is -2.40. The van der Waals surface area contributed by atoms with E-state index in [0.717, 1.165) is 74.1 Å². The van der Waals surface area contributed by atoms with Gasteiger partial charge in [-0.15, -0.1) is 0 Å². The third kappa shape index (κ3) is 20.3. The van der Waals surface area contributed by atoms with E-state index >= 15 is 0 Å². The van der Waals surface area contributed by atoms with Crippen molar-refractivity contribution >= 4 is 44.0 Å². The van der Waals surface area contributed by atoms with E-state index in [1.54, 1.807) is 51.1 Å². The van der Waals surface area contributed by atoms with Gasteiger partial charge in [-0.25, -0.2) is 18.9 Å². The summed E-state index contributed by atoms with van der Waals surface area (Å²) >= 11 is 0. The van der Waals surface area contributed by atoms with Gasteiger partial charge >= 0.3 is 44.0 Å². The molecule has 10 rings (SSSR count). The van der Waals surface area contributed by atoms with Crippen molar-refractivity contribution in [3.05, 3.63) is 190 Å². The molecule has 0 saturated heterocycles. The molecule has 3 saturated carbocycles. The first-order valence-electron chi connectivity index (χ1n) is 31.9. The van der Waals surface area contributed by atoms with Gasteiger partial charge in [-0.2, -0.15) is 5.26 Å². The number of aliphatic hydroxyl groups excluding tert-OH is 2. The number of nitrogens with one attached hydrogen (secondary N) is 3. The fourth-order valence-corrected chi connectivity index (χ4v) is 13.7. The molecule has 95 heavy (non-hydrogen) atoms. The van der Waals surface area contributed by atoms with Crippen molar-refractivity contribution in [3.63, 3.8) is 0 Å². The number of nitrogens with zero attached hydrogens (tertiary/aromatic N) is 1. The number of fused-ring (bicyclic) bond motifs is 6. The molecule has 3 fully saturated rings. The zero-order valence-electron chi connectivity index (χ0n) is 53.4. The molecule has 5 aliphatic rings. The van der Waals surface area contributed by atoms with E-state index < -0.39 is 85.5 Å². The number of benzene rings is 5. The topological polar surface area (TPSA) is 336 Å². The van der Waals surface area contributed by atoms with Crippen molar-refractivity contribution < 1.29 is 86.6 Å². The number of ether oxygens (including phenoxy) is 3. The molecule has 1 unspecified atom stereocenters. The Bertz CT molecular complexity index is 3600. The van der Waals surface area contributed by atoms with Crippen LogP contribution in [0.4, 0.5) is 14.4 Å². The monoisotopic (exact) mass is 1320 g/mol. The summed E-state index contributed by atoms with van der Waals surface area (Å²) in [6.07, 6.45) is 8.76. The minimum absolute atomic E-state index is 0.0339. The molecule has 7 atom stereocenters. The maximum atomic E-state index is 13.6. The lowest BCUT2D eigenvalue weighted by molar-refractivity contribution is -0.141. The molecule has 0 bridgehead atoms. The van der Waals surface area contributed by atoms with Crippen LogP contribution in [0.2, 0.25) is 0 Å². The number of rotatable bonds is 24. The highest BCUT2D eigenvalue weighted by Gasteiger charge is 2.35. The first-order valence-corrected chi connectivity index (χ1v) is 33.3. The van der Waals surface area contributed by atoms with Gasteiger partial charge in [0.1, 0.15) is 18.8 Å². The highest BCUT2D eigenvalue weighted by Crippen LogP contribution is 2.51. The van der Waals surface area contributed by atoms with Crippen LogP contribution in [0.25, 0.3) is 22.3 Å². The lowest BCUT2D eigenvalue weighted by Gasteiger charge is -2.22. The predicted octanol–water partition coefficient (Wildman–Crippen LogP) is 12.4. The Balaban J connectivity index is 0.000000199. The van der Waals surface area contributed by atoms with Gasteiger partial charge in [-0.1, -0.05) is 162 Å². The second-order valence-electron chi connectivity index (χ2n) is 24.6. The standard InChI is InChI=1S/C34H35N2O8P.C24H25NO5.C14H23NO5/c35-18-9-19-42-45(40,43-21-24-10-2-1-3-11-24)44-22-26(20-25-12-8-17-27(25)33(37)38)36-34(39)41-23-32-30-15-6-4-13-28(30)29-14-5-7-16-31(29)32;26-13-16(12-15-6-5-11-17(15)23(27)28)25-24(29)30-14-22-20-9-3-1-7-18(20)19-8-2-4-10-21(19)22;1-14(2,3)20-13(19)15-10(8-16)7-9-5-4-6-11(9)12(17)18/h1-7,10-11,13-16,20,26-27,32H,8-9,12,17,19,21-23H2,(H,36,39)(H,37,38);1-4,7-10,12,16-17,22,26H,5-6,11,13-14H2,(H,25,29)(H,27,28);7,10-11,16H,4-6,8H2,1-3H3,(H,15,19)(H,17,18)/b25-20-;15-12-;9-7-/t26-,27-,45?;16-,17-;10-,11-/m111/s1. The van der Waals surface area contributed by atoms with Crippen LogP contribution in [-0.2, 0) is 53.3 Å². The molecule has 0 spiro atoms. The molecule has 3 amide bonds. The molecule has 5 aliphatic carbocycles. The Morgan fingerprint density at radius 3 is 1.28 bits per heavy atom. The fraction of sp³-hybridized carbons (Fsp3) is 0.403. The Kier molecular flexibility index (Phi) is 26.1. The Labute approximate surface area is 552 Å². The Morgan fingerprint density at radius 1 is 0.537 bits per heavy atom. The fourth-order valence-electron chi connectivity index (χ4n) is 12.5. The summed E-state index contributed by atoms with van der Waals surface area (Å²) in [5.74, 6) is -4.60. The maximum absolute atomic E-state index is 13.6. The lowest BCUT2D eigenvalue weighted by atomic mass is 9.98. The van der Waals surface area contributed by atoms with Crippen molar-refractivity contribution in [2.75, 3.05) is 39.6 Å². The molecule has 0 radical (unpaired) electrons. The van der Waals surface area contributed by atoms with Gasteiger partial charge < -0.3 is 55.7 Å². The number of aliphatic hydroxyl groups is 2. The smallest absolute Gasteiger partial charge is 0.475 e. The van der Waals surface area contributed by atoms with Crippen LogP contribution in [0.1, 0.15) is 125 Å². The van der Waals surface area contributed by atoms with Gasteiger partial charge in [0.15, 0.2) is 0 Å². The average molecular weight is 1320 g/mol. The molecule has 23 heteroatoms. The Morgan fingerprint density at radius 2 is 0.905 bits per heavy atom. The van der Waals surface area contributed by atoms with Gasteiger partial charge in [0, 0.05) is 11.8 Å². The summed E-state index contributed by atoms with van der Waals surface area (Å²) < 4.78 is 46.5. The van der Waals surface area contributed by atoms with Gasteiger partial charge in [0.05, 0.1) is 81.4 Å². The van der Waals surface area contributed by atoms with E-state index in [0.29, 0.717) is 50.5 Å². The van der Waals surface area contributed by atoms with Crippen LogP contribution >= 0.6 is 7.82 Å². The zero-order chi connectivity index (χ0) is 68.1. The van der Waals surface area contributed by atoms with Gasteiger partial charge in [0.2, 0.25) is 0 Å². The molecule has 8 N–H and O–H groups in total. The van der Waals surface area contributed by atoms with E-state index in [4.69, 9.17) is 38.2 Å². The second-order valence-corrected chi connectivity index (χ2v) is 26.3. The predicted molar refractivity (Wildman–Crippen MR) is 351 cm³/mol. The van der Waals surface area contributed by atoms with Crippen LogP contribution in [0, 0.1) is 29.1 Å². The van der Waals surface area contributed by atoms with Crippen LogP contribution in [0.5, 0.6) is 0 Å². The van der Waals surface area contributed by atoms with Crippen LogP contribution in [0.3, 0.4) is 0 Å². The molecule has 0 heterocycles. The SMILES string of the molecule is CC(C)(C)OC(=O)N[C@H](/C=C1/CCC[C@H]1C(=O)O)CO.N#CCCOP(=O)(OCc1ccccc1)OC[C@@H](/C=C1/CCC[C@H]1C(=O)O)NC(=O)OCC1c2ccccc2-c2ccccc21.O=C(N[C@H](/C=C1/CCC[C@H]1C(=O)O)CO)OCC1c2ccccc2-c2ccccc21. The Hall–Kier alpha value is -8.94. The van der Waals surface area contributed by atoms with Crippen molar-refractivity contribution in [3.8, 4) is 28.3 Å². The van der Waals surface area contributed by atoms with Crippen molar-refractivity contribution in [1.82, 2.24) is 16.0 Å². The number of aliphatic carboxylic acids is 3. The van der Waals surface area contributed by atoms with E-state index in [-0.39, 0.29) is 64.5 Å². The van der Waals surface area contributed by atoms with Gasteiger partial charge in [0.25, 0.3) is 0 Å². The molecule has 5 aromatic rings. The van der Waals surface area contributed by atoms with Crippen LogP contribution in [0.15, 0.2) is 162 Å². The maximum Gasteiger partial charge on any atom is 0.475 e. The van der Waals surface area contributed by atoms with E-state index in [2.05, 4.69) is 28.1 Å². The summed E-state index contributed by atoms with van der Waals surface area (Å²) in [6, 6.07) is 40.9. The number of hydrogen-bond donors (Lipinski definition) is 8. The first-order chi connectivity index (χ1) is 45.7. The van der Waals surface area contributed by atoms with E-state index in [1.807, 2.05) is 109 Å². The number of phosphoric ester groups is 1. The number of amides is 3. The highest BCUT2D eigenvalue weighted by atomic mass is 31.2. The summed E-state index contributed by atoms with van der Waals surface area (Å²) in [5.41, 5.74) is 11.2. The van der Waals surface area contributed by atoms with Crippen molar-refractivity contribution in [2.45, 2.75) is 127 Å². The first kappa shape index (κ1) is 71.9. The molecular weight excluding hydrogens is 1240 g/mol. The number of carbonyl (C=O) groups is 6. The van der Waals surface area contributed by atoms with Gasteiger partial charge in [-0.3, -0.25) is 28.0 Å². The normalized spacial score (nSPS) is 19.7. The molecule has 0 aliphatic heterocycles. The molecule has 22 nitrogen and oxygen atoms in total. The van der Waals surface area contributed by atoms with Crippen LogP contribution in [-0.4, -0.2) is 125 Å². The number of carbonyl (C=O) groups excluding carboxylic acids is 3. The number of hydrogen-bond acceptors (Lipinski definition) is 16. The number of nitriles is 1. The largest absolute Gasteiger partial charge is 0.481 e. The quantitative estimate of drug-likeness (QED) is 0.0123. The molecule has 5 aromatic carbocycles. The molecule has 504 valence electrons. The van der Waals surface area contributed by atoms with Crippen molar-refractivity contribution in [2.24, 2.45) is 17.8 Å². The summed E-state index contributed by atoms with van der Waals surface area (Å²) in [6.45, 7) is 4.29. The summed E-state index contributed by atoms with van der Waals surface area (Å²) in [5, 5.41) is 63.9. The number of phosphoric acid groups is 1. The highest BCUT2D eigenvalue weighted by molar-refractivity contribution is 7.48. The van der Waals surface area contributed by atoms with E-state index in [1.165, 1.54) is 0 Å². The minimum Gasteiger partial charge on any atom is -0.481 e. The number of carboxylic acid groups (broad SMARTS) is 3. The van der Waals surface area contributed by atoms with Gasteiger partial charge in [-0.05, 0) is 129 Å². The summed E-state index contributed by atoms with van der Waals surface area (Å²) in [4.78, 5) is 71.5. The minimum atomic E-state index is -4.19. The number of carboxylic acids is 3.